The predicted octanol–water partition coefficient (Wildman–Crippen LogP) is 5.19. The van der Waals surface area contributed by atoms with Gasteiger partial charge in [0.05, 0.1) is 6.61 Å². The first-order valence-corrected chi connectivity index (χ1v) is 11.2. The number of likely N-dealkylation sites (tertiary alicyclic amines) is 1. The van der Waals surface area contributed by atoms with Crippen LogP contribution in [0.25, 0.3) is 22.0 Å². The summed E-state index contributed by atoms with van der Waals surface area (Å²) in [5.74, 6) is 0. The van der Waals surface area contributed by atoms with E-state index in [1.54, 1.807) is 11.9 Å². The summed E-state index contributed by atoms with van der Waals surface area (Å²) in [6.07, 6.45) is 2.27. The Hall–Kier alpha value is -1.79. The first-order valence-electron chi connectivity index (χ1n) is 10.4. The fraction of sp³-hybridized carbons (Fsp3) is 0.417. The van der Waals surface area contributed by atoms with Crippen LogP contribution in [-0.2, 0) is 6.54 Å². The van der Waals surface area contributed by atoms with E-state index in [1.807, 2.05) is 0 Å². The van der Waals surface area contributed by atoms with E-state index in [1.165, 1.54) is 39.0 Å². The maximum absolute atomic E-state index is 9.56. The average Bonchev–Trinajstić information content (AvgIpc) is 3.31. The van der Waals surface area contributed by atoms with Gasteiger partial charge in [-0.05, 0) is 93.6 Å². The van der Waals surface area contributed by atoms with Crippen LogP contribution < -0.4 is 4.72 Å². The van der Waals surface area contributed by atoms with Gasteiger partial charge in [-0.1, -0.05) is 18.2 Å². The number of hydrogen-bond donors (Lipinski definition) is 3. The lowest BCUT2D eigenvalue weighted by molar-refractivity contribution is 0.152. The van der Waals surface area contributed by atoms with E-state index in [4.69, 9.17) is 0 Å². The van der Waals surface area contributed by atoms with Crippen LogP contribution in [0.4, 0.5) is 0 Å². The van der Waals surface area contributed by atoms with Gasteiger partial charge in [-0.3, -0.25) is 9.62 Å². The number of hydrogen-bond acceptors (Lipinski definition) is 4. The molecule has 1 fully saturated rings. The molecule has 0 amide bonds. The first kappa shape index (κ1) is 20.5. The number of aliphatic hydroxyl groups is 1. The van der Waals surface area contributed by atoms with Gasteiger partial charge < -0.3 is 10.1 Å². The Kier molecular flexibility index (Phi) is 6.02. The molecule has 0 spiro atoms. The van der Waals surface area contributed by atoms with Crippen LogP contribution in [-0.4, -0.2) is 39.7 Å². The zero-order chi connectivity index (χ0) is 20.4. The Balaban J connectivity index is 1.53. The van der Waals surface area contributed by atoms with Gasteiger partial charge in [-0.15, -0.1) is 0 Å². The van der Waals surface area contributed by atoms with Crippen molar-refractivity contribution in [3.05, 3.63) is 54.2 Å². The molecule has 0 saturated carbocycles. The minimum atomic E-state index is 0.0749. The number of aromatic nitrogens is 1. The van der Waals surface area contributed by atoms with Crippen LogP contribution in [0.5, 0.6) is 0 Å². The summed E-state index contributed by atoms with van der Waals surface area (Å²) >= 11 is 1.68. The van der Waals surface area contributed by atoms with Crippen molar-refractivity contribution < 1.29 is 5.11 Å². The summed E-state index contributed by atoms with van der Waals surface area (Å²) < 4.78 is 3.48. The number of benzene rings is 2. The third kappa shape index (κ3) is 5.04. The maximum atomic E-state index is 9.56. The summed E-state index contributed by atoms with van der Waals surface area (Å²) in [7, 11) is 0. The van der Waals surface area contributed by atoms with Gasteiger partial charge in [0.2, 0.25) is 0 Å². The van der Waals surface area contributed by atoms with E-state index in [-0.39, 0.29) is 12.1 Å². The molecule has 0 bridgehead atoms. The minimum Gasteiger partial charge on any atom is -0.395 e. The SMILES string of the molecule is CC(C)(C)NSc1cccc(-c2ccc3[nH]c(CN4CCC[C@@H]4CO)cc3c2)c1. The number of H-pyrrole nitrogens is 1. The molecule has 1 aromatic heterocycles. The van der Waals surface area contributed by atoms with Crippen LogP contribution >= 0.6 is 11.9 Å². The van der Waals surface area contributed by atoms with Crippen LogP contribution in [0.1, 0.15) is 39.3 Å². The number of aliphatic hydroxyl groups excluding tert-OH is 1. The predicted molar refractivity (Wildman–Crippen MR) is 123 cm³/mol. The fourth-order valence-electron chi connectivity index (χ4n) is 3.94. The van der Waals surface area contributed by atoms with E-state index in [0.717, 1.165) is 19.5 Å². The van der Waals surface area contributed by atoms with E-state index >= 15 is 0 Å². The molecule has 1 atom stereocenters. The topological polar surface area (TPSA) is 51.3 Å². The molecule has 5 heteroatoms. The number of aromatic amines is 1. The van der Waals surface area contributed by atoms with Gasteiger partial charge in [-0.25, -0.2) is 0 Å². The van der Waals surface area contributed by atoms with Crippen molar-refractivity contribution in [1.82, 2.24) is 14.6 Å². The van der Waals surface area contributed by atoms with Gasteiger partial charge in [0.25, 0.3) is 0 Å². The molecule has 3 N–H and O–H groups in total. The van der Waals surface area contributed by atoms with Crippen molar-refractivity contribution >= 4 is 22.9 Å². The number of rotatable bonds is 6. The van der Waals surface area contributed by atoms with Crippen molar-refractivity contribution in [2.45, 2.75) is 56.6 Å². The van der Waals surface area contributed by atoms with Crippen molar-refractivity contribution in [3.8, 4) is 11.1 Å². The molecule has 0 unspecified atom stereocenters. The third-order valence-corrected chi connectivity index (χ3v) is 6.61. The highest BCUT2D eigenvalue weighted by Crippen LogP contribution is 2.29. The van der Waals surface area contributed by atoms with Gasteiger partial charge in [0.1, 0.15) is 0 Å². The van der Waals surface area contributed by atoms with E-state index in [2.05, 4.69) is 83.9 Å². The summed E-state index contributed by atoms with van der Waals surface area (Å²) in [6, 6.07) is 17.9. The molecule has 0 aliphatic carbocycles. The Labute approximate surface area is 177 Å². The Morgan fingerprint density at radius 1 is 1.14 bits per heavy atom. The average molecular weight is 410 g/mol. The first-order chi connectivity index (χ1) is 13.9. The molecule has 1 saturated heterocycles. The highest BCUT2D eigenvalue weighted by atomic mass is 32.2. The van der Waals surface area contributed by atoms with Crippen molar-refractivity contribution in [2.24, 2.45) is 0 Å². The normalized spacial score (nSPS) is 18.0. The van der Waals surface area contributed by atoms with Crippen LogP contribution in [0.3, 0.4) is 0 Å². The summed E-state index contributed by atoms with van der Waals surface area (Å²) in [5, 5.41) is 10.8. The van der Waals surface area contributed by atoms with E-state index in [0.29, 0.717) is 6.04 Å². The zero-order valence-corrected chi connectivity index (χ0v) is 18.4. The highest BCUT2D eigenvalue weighted by molar-refractivity contribution is 7.97. The molecule has 1 aliphatic heterocycles. The van der Waals surface area contributed by atoms with Crippen LogP contribution in [0.2, 0.25) is 0 Å². The molecule has 2 heterocycles. The molecule has 3 aromatic rings. The fourth-order valence-corrected chi connectivity index (χ4v) is 4.69. The van der Waals surface area contributed by atoms with Crippen molar-refractivity contribution in [3.63, 3.8) is 0 Å². The number of nitrogens with zero attached hydrogens (tertiary/aromatic N) is 1. The number of fused-ring (bicyclic) bond motifs is 1. The second kappa shape index (κ2) is 8.52. The van der Waals surface area contributed by atoms with Gasteiger partial charge in [0.15, 0.2) is 0 Å². The third-order valence-electron chi connectivity index (χ3n) is 5.40. The molecular formula is C24H31N3OS. The molecule has 29 heavy (non-hydrogen) atoms. The quantitative estimate of drug-likeness (QED) is 0.491. The second-order valence-electron chi connectivity index (χ2n) is 9.03. The monoisotopic (exact) mass is 409 g/mol. The molecule has 4 rings (SSSR count). The lowest BCUT2D eigenvalue weighted by Crippen LogP contribution is -2.31. The highest BCUT2D eigenvalue weighted by Gasteiger charge is 2.24. The molecule has 2 aromatic carbocycles. The Morgan fingerprint density at radius 3 is 2.76 bits per heavy atom. The minimum absolute atomic E-state index is 0.0749. The van der Waals surface area contributed by atoms with Crippen molar-refractivity contribution in [1.29, 1.82) is 0 Å². The lowest BCUT2D eigenvalue weighted by Gasteiger charge is -2.21. The maximum Gasteiger partial charge on any atom is 0.0587 e. The standard InChI is InChI=1S/C24H31N3OS/c1-24(2,3)26-29-22-8-4-6-17(14-22)18-9-10-23-19(12-18)13-20(25-23)15-27-11-5-7-21(27)16-28/h4,6,8-10,12-14,21,25-26,28H,5,7,11,15-16H2,1-3H3/t21-/m1/s1. The molecule has 1 aliphatic rings. The van der Waals surface area contributed by atoms with Crippen LogP contribution in [0.15, 0.2) is 53.4 Å². The number of nitrogens with one attached hydrogen (secondary N) is 2. The van der Waals surface area contributed by atoms with Gasteiger partial charge >= 0.3 is 0 Å². The lowest BCUT2D eigenvalue weighted by atomic mass is 10.0. The molecule has 4 nitrogen and oxygen atoms in total. The molecule has 0 radical (unpaired) electrons. The van der Waals surface area contributed by atoms with E-state index < -0.39 is 0 Å². The molecular weight excluding hydrogens is 378 g/mol. The smallest absolute Gasteiger partial charge is 0.0587 e. The van der Waals surface area contributed by atoms with Crippen LogP contribution in [0, 0.1) is 0 Å². The summed E-state index contributed by atoms with van der Waals surface area (Å²) in [5.41, 5.74) is 4.93. The largest absolute Gasteiger partial charge is 0.395 e. The van der Waals surface area contributed by atoms with Gasteiger partial charge in [0, 0.05) is 39.6 Å². The summed E-state index contributed by atoms with van der Waals surface area (Å²) in [4.78, 5) is 7.16. The Bertz CT molecular complexity index is 976. The van der Waals surface area contributed by atoms with Crippen molar-refractivity contribution in [2.75, 3.05) is 13.2 Å². The van der Waals surface area contributed by atoms with Gasteiger partial charge in [-0.2, -0.15) is 0 Å². The Morgan fingerprint density at radius 2 is 1.97 bits per heavy atom. The zero-order valence-electron chi connectivity index (χ0n) is 17.5. The van der Waals surface area contributed by atoms with E-state index in [9.17, 15) is 5.11 Å². The summed E-state index contributed by atoms with van der Waals surface area (Å²) in [6.45, 7) is 8.71. The second-order valence-corrected chi connectivity index (χ2v) is 9.91. The molecule has 154 valence electrons.